The quantitative estimate of drug-likeness (QED) is 0.534. The van der Waals surface area contributed by atoms with Crippen LogP contribution in [0.1, 0.15) is 43.2 Å². The normalized spacial score (nSPS) is 15.0. The van der Waals surface area contributed by atoms with E-state index in [9.17, 15) is 4.39 Å². The fraction of sp³-hybridized carbons (Fsp3) is 0.429. The molecule has 27 heavy (non-hydrogen) atoms. The van der Waals surface area contributed by atoms with Crippen LogP contribution in [0.25, 0.3) is 0 Å². The van der Waals surface area contributed by atoms with Crippen molar-refractivity contribution in [3.63, 3.8) is 0 Å². The summed E-state index contributed by atoms with van der Waals surface area (Å²) in [7, 11) is 1.62. The molecule has 1 N–H and O–H groups in total. The molecule has 0 atom stereocenters. The average molecular weight is 457 g/mol. The van der Waals surface area contributed by atoms with Crippen LogP contribution in [0.15, 0.2) is 34.8 Å². The van der Waals surface area contributed by atoms with E-state index in [0.29, 0.717) is 22.6 Å². The fourth-order valence-electron chi connectivity index (χ4n) is 3.34. The van der Waals surface area contributed by atoms with Crippen LogP contribution in [-0.2, 0) is 13.2 Å². The third kappa shape index (κ3) is 5.59. The van der Waals surface area contributed by atoms with E-state index in [1.807, 2.05) is 12.1 Å². The highest BCUT2D eigenvalue weighted by Gasteiger charge is 2.15. The second-order valence-electron chi connectivity index (χ2n) is 6.83. The van der Waals surface area contributed by atoms with Crippen LogP contribution in [-0.4, -0.2) is 13.2 Å². The Morgan fingerprint density at radius 2 is 1.89 bits per heavy atom. The predicted molar refractivity (Wildman–Crippen MR) is 110 cm³/mol. The van der Waals surface area contributed by atoms with E-state index in [4.69, 9.17) is 21.1 Å². The van der Waals surface area contributed by atoms with Crippen LogP contribution >= 0.6 is 27.5 Å². The Morgan fingerprint density at radius 1 is 1.11 bits per heavy atom. The molecular formula is C21H24BrClFNO2. The van der Waals surface area contributed by atoms with Crippen molar-refractivity contribution in [3.05, 3.63) is 56.8 Å². The van der Waals surface area contributed by atoms with Gasteiger partial charge in [0.15, 0.2) is 11.5 Å². The van der Waals surface area contributed by atoms with E-state index < -0.39 is 0 Å². The summed E-state index contributed by atoms with van der Waals surface area (Å²) in [4.78, 5) is 0. The molecule has 0 bridgehead atoms. The van der Waals surface area contributed by atoms with E-state index in [1.54, 1.807) is 13.2 Å². The van der Waals surface area contributed by atoms with Gasteiger partial charge in [0.05, 0.1) is 12.1 Å². The molecule has 146 valence electrons. The maximum absolute atomic E-state index is 13.2. The molecule has 0 unspecified atom stereocenters. The number of methoxy groups -OCH3 is 1. The van der Waals surface area contributed by atoms with Crippen LogP contribution < -0.4 is 14.8 Å². The Kier molecular flexibility index (Phi) is 7.39. The molecule has 1 saturated carbocycles. The molecule has 6 heteroatoms. The van der Waals surface area contributed by atoms with Crippen molar-refractivity contribution in [2.75, 3.05) is 7.11 Å². The summed E-state index contributed by atoms with van der Waals surface area (Å²) in [6.45, 7) is 1.02. The van der Waals surface area contributed by atoms with Crippen molar-refractivity contribution in [2.24, 2.45) is 0 Å². The molecule has 1 aliphatic rings. The lowest BCUT2D eigenvalue weighted by molar-refractivity contribution is 0.284. The van der Waals surface area contributed by atoms with Crippen LogP contribution in [0.3, 0.4) is 0 Å². The van der Waals surface area contributed by atoms with Gasteiger partial charge in [0, 0.05) is 22.6 Å². The van der Waals surface area contributed by atoms with E-state index in [0.717, 1.165) is 22.1 Å². The number of halogens is 3. The summed E-state index contributed by atoms with van der Waals surface area (Å²) in [6, 6.07) is 8.77. The lowest BCUT2D eigenvalue weighted by atomic mass is 9.95. The summed E-state index contributed by atoms with van der Waals surface area (Å²) >= 11 is 9.71. The average Bonchev–Trinajstić information content (AvgIpc) is 2.67. The monoisotopic (exact) mass is 455 g/mol. The zero-order chi connectivity index (χ0) is 19.2. The summed E-state index contributed by atoms with van der Waals surface area (Å²) in [5.41, 5.74) is 1.85. The largest absolute Gasteiger partial charge is 0.493 e. The second-order valence-corrected chi connectivity index (χ2v) is 8.10. The van der Waals surface area contributed by atoms with E-state index in [-0.39, 0.29) is 12.4 Å². The third-order valence-electron chi connectivity index (χ3n) is 4.92. The van der Waals surface area contributed by atoms with Crippen molar-refractivity contribution in [2.45, 2.75) is 51.3 Å². The second kappa shape index (κ2) is 9.76. The van der Waals surface area contributed by atoms with E-state index in [1.165, 1.54) is 44.2 Å². The number of ether oxygens (including phenoxy) is 2. The zero-order valence-corrected chi connectivity index (χ0v) is 17.7. The van der Waals surface area contributed by atoms with Crippen molar-refractivity contribution in [1.82, 2.24) is 5.32 Å². The highest BCUT2D eigenvalue weighted by atomic mass is 79.9. The molecular weight excluding hydrogens is 433 g/mol. The minimum atomic E-state index is -0.362. The summed E-state index contributed by atoms with van der Waals surface area (Å²) in [5, 5.41) is 3.99. The smallest absolute Gasteiger partial charge is 0.162 e. The van der Waals surface area contributed by atoms with Gasteiger partial charge in [-0.2, -0.15) is 0 Å². The number of hydrogen-bond acceptors (Lipinski definition) is 3. The minimum absolute atomic E-state index is 0.238. The molecule has 3 rings (SSSR count). The van der Waals surface area contributed by atoms with Gasteiger partial charge in [0.2, 0.25) is 0 Å². The van der Waals surface area contributed by atoms with Crippen LogP contribution in [0, 0.1) is 5.82 Å². The van der Waals surface area contributed by atoms with Gasteiger partial charge in [-0.3, -0.25) is 0 Å². The van der Waals surface area contributed by atoms with E-state index >= 15 is 0 Å². The van der Waals surface area contributed by atoms with Crippen LogP contribution in [0.5, 0.6) is 11.5 Å². The first-order valence-corrected chi connectivity index (χ1v) is 10.4. The SMILES string of the molecule is COc1cc(CNC2CCCCC2)c(Br)cc1OCc1ccc(F)cc1Cl. The Morgan fingerprint density at radius 3 is 2.59 bits per heavy atom. The number of benzene rings is 2. The van der Waals surface area contributed by atoms with Gasteiger partial charge >= 0.3 is 0 Å². The molecule has 0 aromatic heterocycles. The molecule has 0 aliphatic heterocycles. The summed E-state index contributed by atoms with van der Waals surface area (Å²) < 4.78 is 25.5. The van der Waals surface area contributed by atoms with Gasteiger partial charge in [-0.1, -0.05) is 52.9 Å². The van der Waals surface area contributed by atoms with E-state index in [2.05, 4.69) is 21.2 Å². The maximum atomic E-state index is 13.2. The highest BCUT2D eigenvalue weighted by Crippen LogP contribution is 2.35. The Balaban J connectivity index is 1.67. The molecule has 2 aromatic carbocycles. The topological polar surface area (TPSA) is 30.5 Å². The van der Waals surface area contributed by atoms with Crippen molar-refractivity contribution < 1.29 is 13.9 Å². The summed E-state index contributed by atoms with van der Waals surface area (Å²) in [6.07, 6.45) is 6.45. The first-order chi connectivity index (χ1) is 13.1. The molecule has 0 saturated heterocycles. The Bertz CT molecular complexity index is 781. The minimum Gasteiger partial charge on any atom is -0.493 e. The molecule has 0 amide bonds. The number of hydrogen-bond donors (Lipinski definition) is 1. The molecule has 3 nitrogen and oxygen atoms in total. The Hall–Kier alpha value is -1.30. The van der Waals surface area contributed by atoms with Gasteiger partial charge in [0.25, 0.3) is 0 Å². The first-order valence-electron chi connectivity index (χ1n) is 9.23. The third-order valence-corrected chi connectivity index (χ3v) is 6.01. The number of rotatable bonds is 7. The van der Waals surface area contributed by atoms with Crippen molar-refractivity contribution >= 4 is 27.5 Å². The standard InChI is InChI=1S/C21H24BrClFNO2/c1-26-20-9-15(12-25-17-5-3-2-4-6-17)18(22)11-21(20)27-13-14-7-8-16(24)10-19(14)23/h7-11,17,25H,2-6,12-13H2,1H3. The lowest BCUT2D eigenvalue weighted by Crippen LogP contribution is -2.30. The van der Waals surface area contributed by atoms with Gasteiger partial charge in [-0.25, -0.2) is 4.39 Å². The van der Waals surface area contributed by atoms with Crippen LogP contribution in [0.4, 0.5) is 4.39 Å². The molecule has 1 fully saturated rings. The van der Waals surface area contributed by atoms with Gasteiger partial charge in [0.1, 0.15) is 12.4 Å². The highest BCUT2D eigenvalue weighted by molar-refractivity contribution is 9.10. The van der Waals surface area contributed by atoms with Crippen molar-refractivity contribution in [1.29, 1.82) is 0 Å². The maximum Gasteiger partial charge on any atom is 0.162 e. The molecule has 1 aliphatic carbocycles. The predicted octanol–water partition coefficient (Wildman–Crippen LogP) is 6.25. The first kappa shape index (κ1) is 20.4. The zero-order valence-electron chi connectivity index (χ0n) is 15.4. The number of nitrogens with one attached hydrogen (secondary N) is 1. The summed E-state index contributed by atoms with van der Waals surface area (Å²) in [5.74, 6) is 0.918. The lowest BCUT2D eigenvalue weighted by Gasteiger charge is -2.23. The molecule has 0 heterocycles. The fourth-order valence-corrected chi connectivity index (χ4v) is 4.02. The molecule has 0 spiro atoms. The molecule has 0 radical (unpaired) electrons. The van der Waals surface area contributed by atoms with Gasteiger partial charge in [-0.05, 0) is 42.7 Å². The van der Waals surface area contributed by atoms with Gasteiger partial charge < -0.3 is 14.8 Å². The van der Waals surface area contributed by atoms with Crippen LogP contribution in [0.2, 0.25) is 5.02 Å². The van der Waals surface area contributed by atoms with Gasteiger partial charge in [-0.15, -0.1) is 0 Å². The molecule has 2 aromatic rings. The van der Waals surface area contributed by atoms with Crippen molar-refractivity contribution in [3.8, 4) is 11.5 Å². The Labute approximate surface area is 173 Å².